The summed E-state index contributed by atoms with van der Waals surface area (Å²) in [4.78, 5) is 10.7. The van der Waals surface area contributed by atoms with E-state index in [1.54, 1.807) is 0 Å². The van der Waals surface area contributed by atoms with Gasteiger partial charge in [-0.2, -0.15) is 0 Å². The quantitative estimate of drug-likeness (QED) is 0.811. The van der Waals surface area contributed by atoms with Crippen LogP contribution in [0.5, 0.6) is 0 Å². The minimum absolute atomic E-state index is 0.0564. The summed E-state index contributed by atoms with van der Waals surface area (Å²) in [6.45, 7) is 2.52. The van der Waals surface area contributed by atoms with Gasteiger partial charge in [0.15, 0.2) is 6.10 Å². The van der Waals surface area contributed by atoms with Gasteiger partial charge in [-0.3, -0.25) is 0 Å². The van der Waals surface area contributed by atoms with Gasteiger partial charge in [0, 0.05) is 13.7 Å². The van der Waals surface area contributed by atoms with Crippen LogP contribution in [0.1, 0.15) is 11.1 Å². The Morgan fingerprint density at radius 3 is 2.30 bits per heavy atom. The summed E-state index contributed by atoms with van der Waals surface area (Å²) >= 11 is 0. The van der Waals surface area contributed by atoms with Crippen molar-refractivity contribution in [1.29, 1.82) is 0 Å². The highest BCUT2D eigenvalue weighted by molar-refractivity contribution is 7.89. The molecule has 0 fully saturated rings. The summed E-state index contributed by atoms with van der Waals surface area (Å²) < 4.78 is 44.2. The van der Waals surface area contributed by atoms with Gasteiger partial charge in [0.2, 0.25) is 10.0 Å². The van der Waals surface area contributed by atoms with Crippen molar-refractivity contribution in [2.24, 2.45) is 0 Å². The third kappa shape index (κ3) is 3.75. The molecule has 0 saturated heterocycles. The highest BCUT2D eigenvalue weighted by Gasteiger charge is 2.24. The number of aliphatic carboxylic acids is 1. The first kappa shape index (κ1) is 16.5. The first-order valence-electron chi connectivity index (χ1n) is 5.71. The van der Waals surface area contributed by atoms with Gasteiger partial charge in [-0.1, -0.05) is 0 Å². The SMILES string of the molecule is COC(CNS(=O)(=O)c1c(C)cc(F)cc1C)C(=O)O. The van der Waals surface area contributed by atoms with E-state index in [0.717, 1.165) is 12.1 Å². The molecule has 0 bridgehead atoms. The van der Waals surface area contributed by atoms with E-state index in [9.17, 15) is 17.6 Å². The smallest absolute Gasteiger partial charge is 0.334 e. The molecular weight excluding hydrogens is 289 g/mol. The van der Waals surface area contributed by atoms with Crippen LogP contribution in [0.25, 0.3) is 0 Å². The molecule has 0 amide bonds. The number of nitrogens with one attached hydrogen (secondary N) is 1. The third-order valence-corrected chi connectivity index (χ3v) is 4.44. The zero-order chi connectivity index (χ0) is 15.5. The molecule has 0 saturated carbocycles. The summed E-state index contributed by atoms with van der Waals surface area (Å²) in [5.74, 6) is -1.80. The Balaban J connectivity index is 3.04. The molecule has 1 aromatic carbocycles. The Labute approximate surface area is 116 Å². The van der Waals surface area contributed by atoms with Crippen LogP contribution in [0.4, 0.5) is 4.39 Å². The van der Waals surface area contributed by atoms with Gasteiger partial charge in [0.05, 0.1) is 4.90 Å². The molecule has 1 aromatic rings. The number of hydrogen-bond acceptors (Lipinski definition) is 4. The van der Waals surface area contributed by atoms with Gasteiger partial charge in [-0.25, -0.2) is 22.3 Å². The highest BCUT2D eigenvalue weighted by Crippen LogP contribution is 2.21. The van der Waals surface area contributed by atoms with E-state index in [1.165, 1.54) is 21.0 Å². The number of sulfonamides is 1. The Bertz CT molecular complexity index is 591. The number of ether oxygens (including phenoxy) is 1. The molecule has 2 N–H and O–H groups in total. The molecule has 0 aromatic heterocycles. The predicted molar refractivity (Wildman–Crippen MR) is 69.5 cm³/mol. The molecule has 0 aliphatic carbocycles. The van der Waals surface area contributed by atoms with Crippen LogP contribution < -0.4 is 4.72 Å². The van der Waals surface area contributed by atoms with Gasteiger partial charge < -0.3 is 9.84 Å². The summed E-state index contributed by atoms with van der Waals surface area (Å²) in [6, 6.07) is 2.21. The van der Waals surface area contributed by atoms with E-state index in [0.29, 0.717) is 0 Å². The summed E-state index contributed by atoms with van der Waals surface area (Å²) in [6.07, 6.45) is -1.29. The van der Waals surface area contributed by atoms with Crippen molar-refractivity contribution in [2.45, 2.75) is 24.8 Å². The maximum absolute atomic E-state index is 13.2. The Kier molecular flexibility index (Phi) is 5.21. The van der Waals surface area contributed by atoms with Crippen LogP contribution in [0.2, 0.25) is 0 Å². The number of carboxylic acid groups (broad SMARTS) is 1. The van der Waals surface area contributed by atoms with Crippen molar-refractivity contribution >= 4 is 16.0 Å². The van der Waals surface area contributed by atoms with Crippen molar-refractivity contribution < 1.29 is 27.4 Å². The molecule has 8 heteroatoms. The minimum atomic E-state index is -3.94. The standard InChI is InChI=1S/C12H16FNO5S/c1-7-4-9(13)5-8(2)11(7)20(17,18)14-6-10(19-3)12(15)16/h4-5,10,14H,6H2,1-3H3,(H,15,16). The monoisotopic (exact) mass is 305 g/mol. The molecule has 0 spiro atoms. The number of carbonyl (C=O) groups is 1. The molecule has 0 aliphatic rings. The summed E-state index contributed by atoms with van der Waals surface area (Å²) in [5, 5.41) is 8.78. The first-order chi connectivity index (χ1) is 9.19. The topological polar surface area (TPSA) is 92.7 Å². The van der Waals surface area contributed by atoms with Gasteiger partial charge in [0.1, 0.15) is 5.82 Å². The van der Waals surface area contributed by atoms with E-state index in [-0.39, 0.29) is 16.0 Å². The Morgan fingerprint density at radius 1 is 1.40 bits per heavy atom. The number of hydrogen-bond donors (Lipinski definition) is 2. The van der Waals surface area contributed by atoms with Gasteiger partial charge in [0.25, 0.3) is 0 Å². The fraction of sp³-hybridized carbons (Fsp3) is 0.417. The second-order valence-corrected chi connectivity index (χ2v) is 5.99. The number of methoxy groups -OCH3 is 1. The number of aryl methyl sites for hydroxylation is 2. The van der Waals surface area contributed by atoms with E-state index in [1.807, 2.05) is 0 Å². The average molecular weight is 305 g/mol. The largest absolute Gasteiger partial charge is 0.479 e. The molecule has 1 atom stereocenters. The summed E-state index contributed by atoms with van der Waals surface area (Å²) in [7, 11) is -2.77. The zero-order valence-electron chi connectivity index (χ0n) is 11.3. The van der Waals surface area contributed by atoms with Gasteiger partial charge in [-0.15, -0.1) is 0 Å². The Morgan fingerprint density at radius 2 is 1.90 bits per heavy atom. The van der Waals surface area contributed by atoms with E-state index in [2.05, 4.69) is 9.46 Å². The van der Waals surface area contributed by atoms with Gasteiger partial charge >= 0.3 is 5.97 Å². The number of carboxylic acids is 1. The molecule has 0 heterocycles. The molecule has 20 heavy (non-hydrogen) atoms. The summed E-state index contributed by atoms with van der Waals surface area (Å²) in [5.41, 5.74) is 0.499. The minimum Gasteiger partial charge on any atom is -0.479 e. The lowest BCUT2D eigenvalue weighted by atomic mass is 10.1. The fourth-order valence-electron chi connectivity index (χ4n) is 1.85. The van der Waals surface area contributed by atoms with Crippen LogP contribution in [-0.2, 0) is 19.6 Å². The third-order valence-electron chi connectivity index (χ3n) is 2.71. The van der Waals surface area contributed by atoms with Crippen molar-refractivity contribution in [3.8, 4) is 0 Å². The molecule has 0 radical (unpaired) electrons. The first-order valence-corrected chi connectivity index (χ1v) is 7.19. The number of rotatable bonds is 6. The maximum atomic E-state index is 13.2. The lowest BCUT2D eigenvalue weighted by Crippen LogP contribution is -2.38. The Hall–Kier alpha value is -1.51. The molecular formula is C12H16FNO5S. The van der Waals surface area contributed by atoms with Crippen molar-refractivity contribution in [3.05, 3.63) is 29.1 Å². The van der Waals surface area contributed by atoms with Crippen LogP contribution in [0, 0.1) is 19.7 Å². The lowest BCUT2D eigenvalue weighted by Gasteiger charge is -2.15. The van der Waals surface area contributed by atoms with E-state index in [4.69, 9.17) is 5.11 Å². The average Bonchev–Trinajstić information content (AvgIpc) is 2.26. The molecule has 0 aliphatic heterocycles. The molecule has 1 unspecified atom stereocenters. The number of halogens is 1. The second kappa shape index (κ2) is 6.29. The van der Waals surface area contributed by atoms with E-state index >= 15 is 0 Å². The second-order valence-electron chi connectivity index (χ2n) is 4.28. The van der Waals surface area contributed by atoms with Crippen molar-refractivity contribution in [2.75, 3.05) is 13.7 Å². The number of benzene rings is 1. The highest BCUT2D eigenvalue weighted by atomic mass is 32.2. The van der Waals surface area contributed by atoms with Gasteiger partial charge in [-0.05, 0) is 37.1 Å². The molecule has 6 nitrogen and oxygen atoms in total. The zero-order valence-corrected chi connectivity index (χ0v) is 12.1. The predicted octanol–water partition coefficient (Wildman–Crippen LogP) is 0.820. The fourth-order valence-corrected chi connectivity index (χ4v) is 3.33. The van der Waals surface area contributed by atoms with Crippen LogP contribution in [-0.4, -0.2) is 39.3 Å². The van der Waals surface area contributed by atoms with Crippen LogP contribution in [0.15, 0.2) is 17.0 Å². The van der Waals surface area contributed by atoms with Crippen LogP contribution in [0.3, 0.4) is 0 Å². The molecule has 112 valence electrons. The normalized spacial score (nSPS) is 13.2. The lowest BCUT2D eigenvalue weighted by molar-refractivity contribution is -0.147. The van der Waals surface area contributed by atoms with Crippen LogP contribution >= 0.6 is 0 Å². The maximum Gasteiger partial charge on any atom is 0.334 e. The van der Waals surface area contributed by atoms with Crippen molar-refractivity contribution in [3.63, 3.8) is 0 Å². The van der Waals surface area contributed by atoms with E-state index < -0.39 is 34.5 Å². The van der Waals surface area contributed by atoms with Crippen molar-refractivity contribution in [1.82, 2.24) is 4.72 Å². The molecule has 1 rings (SSSR count).